The third kappa shape index (κ3) is 1.99. The molecule has 78 valence electrons. The summed E-state index contributed by atoms with van der Waals surface area (Å²) in [6.45, 7) is 0.309. The van der Waals surface area contributed by atoms with Crippen molar-refractivity contribution >= 4 is 0 Å². The lowest BCUT2D eigenvalue weighted by Crippen LogP contribution is -2.15. The lowest BCUT2D eigenvalue weighted by molar-refractivity contribution is 0.621. The number of aromatic nitrogens is 4. The van der Waals surface area contributed by atoms with Crippen LogP contribution in [0.25, 0.3) is 0 Å². The maximum atomic E-state index is 13.0. The van der Waals surface area contributed by atoms with Crippen LogP contribution in [0.4, 0.5) is 4.39 Å². The molecule has 0 radical (unpaired) electrons. The number of rotatable bonds is 3. The van der Waals surface area contributed by atoms with Crippen LogP contribution in [0, 0.1) is 5.82 Å². The zero-order valence-corrected chi connectivity index (χ0v) is 7.89. The lowest BCUT2D eigenvalue weighted by atomic mass is 9.99. The van der Waals surface area contributed by atoms with Gasteiger partial charge in [-0.05, 0) is 17.7 Å². The minimum Gasteiger partial charge on any atom is -0.329 e. The average molecular weight is 207 g/mol. The van der Waals surface area contributed by atoms with Crippen LogP contribution >= 0.6 is 0 Å². The molecule has 1 aromatic heterocycles. The first-order chi connectivity index (χ1) is 7.31. The molecule has 0 amide bonds. The molecule has 6 heteroatoms. The predicted octanol–water partition coefficient (Wildman–Crippen LogP) is 0.429. The van der Waals surface area contributed by atoms with Crippen molar-refractivity contribution < 1.29 is 4.39 Å². The fourth-order valence-corrected chi connectivity index (χ4v) is 1.43. The molecule has 2 aromatic rings. The van der Waals surface area contributed by atoms with Crippen LogP contribution in [0.5, 0.6) is 0 Å². The lowest BCUT2D eigenvalue weighted by Gasteiger charge is -2.10. The Morgan fingerprint density at radius 1 is 1.47 bits per heavy atom. The molecule has 1 heterocycles. The summed E-state index contributed by atoms with van der Waals surface area (Å²) < 4.78 is 13.0. The third-order valence-corrected chi connectivity index (χ3v) is 2.16. The standard InChI is InChI=1S/C9H10FN5/c10-7-3-1-2-6(4-7)8(5-11)9-12-14-15-13-9/h1-4,8H,5,11H2,(H,12,13,14,15). The molecule has 0 spiro atoms. The normalized spacial score (nSPS) is 12.7. The second-order valence-electron chi connectivity index (χ2n) is 3.11. The van der Waals surface area contributed by atoms with E-state index in [0.29, 0.717) is 12.4 Å². The summed E-state index contributed by atoms with van der Waals surface area (Å²) in [6.07, 6.45) is 0. The Labute approximate surface area is 85.5 Å². The van der Waals surface area contributed by atoms with Gasteiger partial charge >= 0.3 is 0 Å². The van der Waals surface area contributed by atoms with Gasteiger partial charge in [0.05, 0.1) is 5.92 Å². The summed E-state index contributed by atoms with van der Waals surface area (Å²) in [6, 6.07) is 6.23. The first-order valence-electron chi connectivity index (χ1n) is 4.50. The quantitative estimate of drug-likeness (QED) is 0.764. The van der Waals surface area contributed by atoms with Crippen molar-refractivity contribution in [3.8, 4) is 0 Å². The zero-order chi connectivity index (χ0) is 10.7. The van der Waals surface area contributed by atoms with Gasteiger partial charge in [-0.1, -0.05) is 17.3 Å². The number of nitrogens with zero attached hydrogens (tertiary/aromatic N) is 3. The van der Waals surface area contributed by atoms with Crippen molar-refractivity contribution in [2.45, 2.75) is 5.92 Å². The highest BCUT2D eigenvalue weighted by atomic mass is 19.1. The highest BCUT2D eigenvalue weighted by molar-refractivity contribution is 5.25. The Kier molecular flexibility index (Phi) is 2.68. The number of nitrogens with one attached hydrogen (secondary N) is 1. The van der Waals surface area contributed by atoms with Crippen molar-refractivity contribution in [2.75, 3.05) is 6.54 Å². The molecular weight excluding hydrogens is 197 g/mol. The summed E-state index contributed by atoms with van der Waals surface area (Å²) in [5.74, 6) is -0.0444. The number of nitrogens with two attached hydrogens (primary N) is 1. The molecule has 0 aliphatic heterocycles. The Bertz CT molecular complexity index is 428. The van der Waals surface area contributed by atoms with Crippen LogP contribution in [-0.4, -0.2) is 27.2 Å². The van der Waals surface area contributed by atoms with E-state index in [1.807, 2.05) is 0 Å². The number of hydrogen-bond acceptors (Lipinski definition) is 4. The molecule has 0 aliphatic rings. The van der Waals surface area contributed by atoms with E-state index < -0.39 is 0 Å². The van der Waals surface area contributed by atoms with E-state index in [-0.39, 0.29) is 11.7 Å². The highest BCUT2D eigenvalue weighted by Crippen LogP contribution is 2.20. The summed E-state index contributed by atoms with van der Waals surface area (Å²) >= 11 is 0. The van der Waals surface area contributed by atoms with Crippen LogP contribution in [0.3, 0.4) is 0 Å². The van der Waals surface area contributed by atoms with Gasteiger partial charge in [0.25, 0.3) is 0 Å². The van der Waals surface area contributed by atoms with Gasteiger partial charge in [0, 0.05) is 6.54 Å². The van der Waals surface area contributed by atoms with E-state index in [0.717, 1.165) is 5.56 Å². The number of H-pyrrole nitrogens is 1. The molecule has 1 atom stereocenters. The van der Waals surface area contributed by atoms with Gasteiger partial charge in [-0.3, -0.25) is 0 Å². The van der Waals surface area contributed by atoms with Gasteiger partial charge in [0.1, 0.15) is 5.82 Å². The number of tetrazole rings is 1. The molecule has 1 aromatic carbocycles. The molecule has 0 saturated carbocycles. The zero-order valence-electron chi connectivity index (χ0n) is 7.89. The van der Waals surface area contributed by atoms with E-state index in [2.05, 4.69) is 20.6 Å². The molecule has 0 saturated heterocycles. The van der Waals surface area contributed by atoms with Crippen molar-refractivity contribution in [1.29, 1.82) is 0 Å². The van der Waals surface area contributed by atoms with Gasteiger partial charge in [-0.2, -0.15) is 5.21 Å². The summed E-state index contributed by atoms with van der Waals surface area (Å²) in [5.41, 5.74) is 6.35. The van der Waals surface area contributed by atoms with Crippen molar-refractivity contribution in [3.05, 3.63) is 41.5 Å². The molecule has 15 heavy (non-hydrogen) atoms. The minimum absolute atomic E-state index is 0.223. The van der Waals surface area contributed by atoms with Gasteiger partial charge in [0.2, 0.25) is 0 Å². The maximum Gasteiger partial charge on any atom is 0.183 e. The van der Waals surface area contributed by atoms with Crippen molar-refractivity contribution in [2.24, 2.45) is 5.73 Å². The molecule has 0 fully saturated rings. The molecule has 5 nitrogen and oxygen atoms in total. The summed E-state index contributed by atoms with van der Waals surface area (Å²) in [7, 11) is 0. The molecule has 3 N–H and O–H groups in total. The maximum absolute atomic E-state index is 13.0. The van der Waals surface area contributed by atoms with Gasteiger partial charge in [-0.25, -0.2) is 4.39 Å². The smallest absolute Gasteiger partial charge is 0.183 e. The van der Waals surface area contributed by atoms with Gasteiger partial charge < -0.3 is 5.73 Å². The molecule has 1 unspecified atom stereocenters. The molecule has 2 rings (SSSR count). The second kappa shape index (κ2) is 4.14. The first kappa shape index (κ1) is 9.72. The van der Waals surface area contributed by atoms with Gasteiger partial charge in [-0.15, -0.1) is 10.2 Å². The van der Waals surface area contributed by atoms with Crippen LogP contribution < -0.4 is 5.73 Å². The van der Waals surface area contributed by atoms with E-state index in [1.54, 1.807) is 12.1 Å². The number of aromatic amines is 1. The number of benzene rings is 1. The molecule has 0 bridgehead atoms. The fourth-order valence-electron chi connectivity index (χ4n) is 1.43. The Morgan fingerprint density at radius 3 is 2.93 bits per heavy atom. The molecular formula is C9H10FN5. The van der Waals surface area contributed by atoms with E-state index in [1.165, 1.54) is 12.1 Å². The van der Waals surface area contributed by atoms with E-state index >= 15 is 0 Å². The fraction of sp³-hybridized carbons (Fsp3) is 0.222. The Hall–Kier alpha value is -1.82. The Balaban J connectivity index is 2.35. The minimum atomic E-state index is -0.297. The third-order valence-electron chi connectivity index (χ3n) is 2.16. The SMILES string of the molecule is NCC(c1cccc(F)c1)c1nn[nH]n1. The first-order valence-corrected chi connectivity index (χ1v) is 4.50. The number of hydrogen-bond donors (Lipinski definition) is 2. The Morgan fingerprint density at radius 2 is 2.33 bits per heavy atom. The summed E-state index contributed by atoms with van der Waals surface area (Å²) in [5, 5.41) is 13.5. The van der Waals surface area contributed by atoms with Crippen molar-refractivity contribution in [3.63, 3.8) is 0 Å². The predicted molar refractivity (Wildman–Crippen MR) is 51.5 cm³/mol. The van der Waals surface area contributed by atoms with Crippen LogP contribution in [0.2, 0.25) is 0 Å². The monoisotopic (exact) mass is 207 g/mol. The van der Waals surface area contributed by atoms with Crippen LogP contribution in [0.1, 0.15) is 17.3 Å². The van der Waals surface area contributed by atoms with Gasteiger partial charge in [0.15, 0.2) is 5.82 Å². The number of halogens is 1. The van der Waals surface area contributed by atoms with E-state index in [9.17, 15) is 4.39 Å². The van der Waals surface area contributed by atoms with E-state index in [4.69, 9.17) is 5.73 Å². The highest BCUT2D eigenvalue weighted by Gasteiger charge is 2.16. The van der Waals surface area contributed by atoms with Crippen molar-refractivity contribution in [1.82, 2.24) is 20.6 Å². The topological polar surface area (TPSA) is 80.5 Å². The summed E-state index contributed by atoms with van der Waals surface area (Å²) in [4.78, 5) is 0. The van der Waals surface area contributed by atoms with Crippen LogP contribution in [0.15, 0.2) is 24.3 Å². The van der Waals surface area contributed by atoms with Crippen LogP contribution in [-0.2, 0) is 0 Å². The second-order valence-corrected chi connectivity index (χ2v) is 3.11. The largest absolute Gasteiger partial charge is 0.329 e. The molecule has 0 aliphatic carbocycles. The average Bonchev–Trinajstić information content (AvgIpc) is 2.72.